The van der Waals surface area contributed by atoms with Crippen LogP contribution in [0, 0.1) is 0 Å². The first kappa shape index (κ1) is 13.1. The van der Waals surface area contributed by atoms with Crippen LogP contribution < -0.4 is 5.48 Å². The van der Waals surface area contributed by atoms with Gasteiger partial charge in [-0.05, 0) is 43.4 Å². The molecule has 1 N–H and O–H groups in total. The van der Waals surface area contributed by atoms with Gasteiger partial charge in [0.15, 0.2) is 0 Å². The molecule has 0 unspecified atom stereocenters. The van der Waals surface area contributed by atoms with Gasteiger partial charge >= 0.3 is 0 Å². The highest BCUT2D eigenvalue weighted by molar-refractivity contribution is 9.10. The van der Waals surface area contributed by atoms with Crippen molar-refractivity contribution in [2.45, 2.75) is 50.0 Å². The van der Waals surface area contributed by atoms with Gasteiger partial charge in [-0.3, -0.25) is 9.63 Å². The minimum Gasteiger partial charge on any atom is -0.272 e. The van der Waals surface area contributed by atoms with E-state index in [0.29, 0.717) is 0 Å². The Kier molecular flexibility index (Phi) is 3.63. The van der Waals surface area contributed by atoms with Crippen molar-refractivity contribution in [3.05, 3.63) is 34.3 Å². The maximum Gasteiger partial charge on any atom is 0.254 e. The summed E-state index contributed by atoms with van der Waals surface area (Å²) in [6.07, 6.45) is 6.57. The second-order valence-electron chi connectivity index (χ2n) is 5.54. The van der Waals surface area contributed by atoms with Gasteiger partial charge in [-0.25, -0.2) is 5.48 Å². The van der Waals surface area contributed by atoms with Gasteiger partial charge in [-0.2, -0.15) is 0 Å². The quantitative estimate of drug-likeness (QED) is 0.861. The molecule has 1 amide bonds. The van der Waals surface area contributed by atoms with Crippen LogP contribution in [0.15, 0.2) is 28.7 Å². The maximum absolute atomic E-state index is 12.3. The molecule has 0 aliphatic heterocycles. The smallest absolute Gasteiger partial charge is 0.254 e. The van der Waals surface area contributed by atoms with Crippen LogP contribution in [0.5, 0.6) is 0 Å². The molecule has 3 nitrogen and oxygen atoms in total. The second-order valence-corrected chi connectivity index (χ2v) is 6.46. The summed E-state index contributed by atoms with van der Waals surface area (Å²) < 4.78 is 1.04. The van der Waals surface area contributed by atoms with E-state index in [9.17, 15) is 4.79 Å². The third-order valence-electron chi connectivity index (χ3n) is 4.20. The lowest BCUT2D eigenvalue weighted by Crippen LogP contribution is -2.36. The molecule has 1 aromatic carbocycles. The lowest BCUT2D eigenvalue weighted by atomic mass is 9.95. The van der Waals surface area contributed by atoms with Gasteiger partial charge in [-0.1, -0.05) is 40.9 Å². The van der Waals surface area contributed by atoms with Crippen molar-refractivity contribution in [2.75, 3.05) is 0 Å². The van der Waals surface area contributed by atoms with Crippen molar-refractivity contribution in [3.8, 4) is 0 Å². The van der Waals surface area contributed by atoms with Crippen LogP contribution >= 0.6 is 15.9 Å². The number of carbonyl (C=O) groups is 1. The van der Waals surface area contributed by atoms with E-state index in [1.807, 2.05) is 24.3 Å². The molecular weight excluding hydrogens is 306 g/mol. The van der Waals surface area contributed by atoms with Crippen molar-refractivity contribution in [3.63, 3.8) is 0 Å². The van der Waals surface area contributed by atoms with E-state index in [-0.39, 0.29) is 17.4 Å². The van der Waals surface area contributed by atoms with Gasteiger partial charge in [0.25, 0.3) is 5.91 Å². The Hall–Kier alpha value is -0.870. The number of carbonyl (C=O) groups excluding carboxylic acids is 1. The van der Waals surface area contributed by atoms with Gasteiger partial charge in [-0.15, -0.1) is 0 Å². The van der Waals surface area contributed by atoms with Gasteiger partial charge in [0, 0.05) is 4.47 Å². The van der Waals surface area contributed by atoms with E-state index < -0.39 is 0 Å². The number of rotatable bonds is 4. The van der Waals surface area contributed by atoms with Gasteiger partial charge in [0.05, 0.1) is 11.5 Å². The molecule has 3 rings (SSSR count). The zero-order valence-electron chi connectivity index (χ0n) is 10.8. The van der Waals surface area contributed by atoms with Crippen LogP contribution in [0.4, 0.5) is 0 Å². The van der Waals surface area contributed by atoms with Crippen LogP contribution in [0.3, 0.4) is 0 Å². The molecule has 0 radical (unpaired) electrons. The molecule has 19 heavy (non-hydrogen) atoms. The van der Waals surface area contributed by atoms with Crippen LogP contribution in [0.25, 0.3) is 0 Å². The lowest BCUT2D eigenvalue weighted by Gasteiger charge is -2.18. The third-order valence-corrected chi connectivity index (χ3v) is 4.73. The molecule has 4 heteroatoms. The minimum absolute atomic E-state index is 0.0155. The van der Waals surface area contributed by atoms with Crippen LogP contribution in [-0.2, 0) is 15.0 Å². The Morgan fingerprint density at radius 1 is 1.21 bits per heavy atom. The molecule has 2 fully saturated rings. The fourth-order valence-corrected chi connectivity index (χ4v) is 3.05. The van der Waals surface area contributed by atoms with Gasteiger partial charge in [0.1, 0.15) is 0 Å². The summed E-state index contributed by atoms with van der Waals surface area (Å²) in [6, 6.07) is 8.01. The molecule has 0 atom stereocenters. The molecule has 0 saturated heterocycles. The molecule has 102 valence electrons. The zero-order chi connectivity index (χ0) is 13.3. The number of hydrogen-bond donors (Lipinski definition) is 1. The molecule has 1 aromatic rings. The van der Waals surface area contributed by atoms with E-state index in [4.69, 9.17) is 4.84 Å². The summed E-state index contributed by atoms with van der Waals surface area (Å²) in [7, 11) is 0. The van der Waals surface area contributed by atoms with Crippen molar-refractivity contribution in [2.24, 2.45) is 0 Å². The third kappa shape index (κ3) is 2.70. The van der Waals surface area contributed by atoms with E-state index in [0.717, 1.165) is 35.7 Å². The Labute approximate surface area is 121 Å². The largest absolute Gasteiger partial charge is 0.272 e. The van der Waals surface area contributed by atoms with E-state index in [2.05, 4.69) is 21.4 Å². The highest BCUT2D eigenvalue weighted by Gasteiger charge is 2.51. The molecule has 0 spiro atoms. The SMILES string of the molecule is O=C(NOC1CCCC1)C1(c2ccc(Br)cc2)CC1. The van der Waals surface area contributed by atoms with Crippen molar-refractivity contribution in [1.29, 1.82) is 0 Å². The van der Waals surface area contributed by atoms with Crippen molar-refractivity contribution >= 4 is 21.8 Å². The molecule has 2 saturated carbocycles. The molecule has 0 aromatic heterocycles. The summed E-state index contributed by atoms with van der Waals surface area (Å²) in [5.41, 5.74) is 3.43. The van der Waals surface area contributed by atoms with E-state index in [1.165, 1.54) is 12.8 Å². The normalized spacial score (nSPS) is 21.3. The Bertz CT molecular complexity index is 462. The number of amides is 1. The first-order chi connectivity index (χ1) is 9.21. The fourth-order valence-electron chi connectivity index (χ4n) is 2.78. The first-order valence-electron chi connectivity index (χ1n) is 6.93. The lowest BCUT2D eigenvalue weighted by molar-refractivity contribution is -0.140. The average Bonchev–Trinajstić information content (AvgIpc) is 3.07. The number of nitrogens with one attached hydrogen (secondary N) is 1. The van der Waals surface area contributed by atoms with Gasteiger partial charge in [0.2, 0.25) is 0 Å². The number of hydrogen-bond acceptors (Lipinski definition) is 2. The molecule has 0 bridgehead atoms. The van der Waals surface area contributed by atoms with Crippen molar-refractivity contribution < 1.29 is 9.63 Å². The Balaban J connectivity index is 1.63. The fraction of sp³-hybridized carbons (Fsp3) is 0.533. The van der Waals surface area contributed by atoms with Crippen LogP contribution in [-0.4, -0.2) is 12.0 Å². The Morgan fingerprint density at radius 3 is 2.42 bits per heavy atom. The first-order valence-corrected chi connectivity index (χ1v) is 7.72. The zero-order valence-corrected chi connectivity index (χ0v) is 12.4. The number of halogens is 1. The highest BCUT2D eigenvalue weighted by atomic mass is 79.9. The predicted molar refractivity (Wildman–Crippen MR) is 76.5 cm³/mol. The number of hydroxylamine groups is 1. The number of benzene rings is 1. The summed E-state index contributed by atoms with van der Waals surface area (Å²) >= 11 is 3.42. The molecular formula is C15H18BrNO2. The summed E-state index contributed by atoms with van der Waals surface area (Å²) in [4.78, 5) is 17.8. The topological polar surface area (TPSA) is 38.3 Å². The Morgan fingerprint density at radius 2 is 1.84 bits per heavy atom. The van der Waals surface area contributed by atoms with Gasteiger partial charge < -0.3 is 0 Å². The molecule has 2 aliphatic carbocycles. The van der Waals surface area contributed by atoms with Crippen LogP contribution in [0.1, 0.15) is 44.1 Å². The molecule has 0 heterocycles. The molecule has 2 aliphatic rings. The minimum atomic E-state index is -0.348. The second kappa shape index (κ2) is 5.25. The van der Waals surface area contributed by atoms with Crippen LogP contribution in [0.2, 0.25) is 0 Å². The summed E-state index contributed by atoms with van der Waals surface area (Å²) in [6.45, 7) is 0. The predicted octanol–water partition coefficient (Wildman–Crippen LogP) is 3.47. The van der Waals surface area contributed by atoms with Crippen molar-refractivity contribution in [1.82, 2.24) is 5.48 Å². The maximum atomic E-state index is 12.3. The van der Waals surface area contributed by atoms with E-state index >= 15 is 0 Å². The summed E-state index contributed by atoms with van der Waals surface area (Å²) in [5, 5.41) is 0. The monoisotopic (exact) mass is 323 g/mol. The average molecular weight is 324 g/mol. The van der Waals surface area contributed by atoms with E-state index in [1.54, 1.807) is 0 Å². The standard InChI is InChI=1S/C15H18BrNO2/c16-12-7-5-11(6-8-12)15(9-10-15)14(18)17-19-13-3-1-2-4-13/h5-8,13H,1-4,9-10H2,(H,17,18). The highest BCUT2D eigenvalue weighted by Crippen LogP contribution is 2.48. The summed E-state index contributed by atoms with van der Waals surface area (Å²) in [5.74, 6) is 0.0155.